The quantitative estimate of drug-likeness (QED) is 0.205. The van der Waals surface area contributed by atoms with Crippen LogP contribution in [0.2, 0.25) is 0 Å². The van der Waals surface area contributed by atoms with E-state index in [-0.39, 0.29) is 18.9 Å². The van der Waals surface area contributed by atoms with Crippen molar-refractivity contribution in [3.8, 4) is 0 Å². The molecular formula is C23H34N4O8. The summed E-state index contributed by atoms with van der Waals surface area (Å²) in [5, 5.41) is 14.5. The van der Waals surface area contributed by atoms with Gasteiger partial charge in [-0.3, -0.25) is 19.3 Å². The molecule has 10 atom stereocenters. The molecule has 1 spiro atoms. The van der Waals surface area contributed by atoms with E-state index in [2.05, 4.69) is 10.0 Å². The lowest BCUT2D eigenvalue weighted by Gasteiger charge is -2.39. The number of esters is 1. The molecule has 3 rings (SSSR count). The van der Waals surface area contributed by atoms with Crippen molar-refractivity contribution in [1.29, 1.82) is 0 Å². The first kappa shape index (κ1) is 26.9. The normalized spacial score (nSPS) is 44.4. The van der Waals surface area contributed by atoms with Gasteiger partial charge in [0.15, 0.2) is 17.5 Å². The van der Waals surface area contributed by atoms with E-state index >= 15 is 0 Å². The highest BCUT2D eigenvalue weighted by Crippen LogP contribution is 2.58. The maximum atomic E-state index is 13.6. The lowest BCUT2D eigenvalue weighted by molar-refractivity contribution is -0.162. The van der Waals surface area contributed by atoms with E-state index in [1.807, 2.05) is 0 Å². The van der Waals surface area contributed by atoms with Crippen molar-refractivity contribution in [3.05, 3.63) is 10.4 Å². The molecule has 1 N–H and O–H groups in total. The Morgan fingerprint density at radius 3 is 2.34 bits per heavy atom. The molecule has 1 unspecified atom stereocenters. The fourth-order valence-corrected chi connectivity index (χ4v) is 5.89. The van der Waals surface area contributed by atoms with Crippen molar-refractivity contribution in [2.45, 2.75) is 77.4 Å². The third kappa shape index (κ3) is 4.17. The molecule has 1 amide bonds. The van der Waals surface area contributed by atoms with Crippen molar-refractivity contribution >= 4 is 23.6 Å². The lowest BCUT2D eigenvalue weighted by atomic mass is 9.75. The first-order valence-electron chi connectivity index (χ1n) is 11.8. The van der Waals surface area contributed by atoms with Crippen molar-refractivity contribution in [2.75, 3.05) is 13.8 Å². The molecule has 0 radical (unpaired) electrons. The molecule has 12 heteroatoms. The second kappa shape index (κ2) is 9.40. The van der Waals surface area contributed by atoms with Gasteiger partial charge in [0.2, 0.25) is 0 Å². The summed E-state index contributed by atoms with van der Waals surface area (Å²) in [5.74, 6) is -5.58. The van der Waals surface area contributed by atoms with Gasteiger partial charge in [-0.05, 0) is 25.8 Å². The highest BCUT2D eigenvalue weighted by Gasteiger charge is 2.78. The maximum Gasteiger partial charge on any atom is 0.411 e. The number of nitrogens with zero attached hydrogens (tertiary/aromatic N) is 4. The number of aliphatic hydroxyl groups is 1. The third-order valence-electron chi connectivity index (χ3n) is 8.23. The Balaban J connectivity index is 2.09. The van der Waals surface area contributed by atoms with E-state index < -0.39 is 76.9 Å². The SMILES string of the molecule is CO[C@@]1(C)C[C@@H](C)C(=O)[C@H](C)[C@H]2N(CN=[N+]=[N-])C(=O)O[C@@]23C(C)[C@H]3OC(=O)[C@H](C)C(=O)[C@H](C)[C@H]1O. The number of hydrogen-bond acceptors (Lipinski definition) is 9. The molecule has 3 aliphatic rings. The van der Waals surface area contributed by atoms with Crippen LogP contribution in [0.1, 0.15) is 48.0 Å². The summed E-state index contributed by atoms with van der Waals surface area (Å²) in [6, 6.07) is -0.866. The number of hydrogen-bond donors (Lipinski definition) is 1. The predicted molar refractivity (Wildman–Crippen MR) is 121 cm³/mol. The molecule has 2 aliphatic heterocycles. The highest BCUT2D eigenvalue weighted by molar-refractivity contribution is 6.00. The Bertz CT molecular complexity index is 967. The van der Waals surface area contributed by atoms with Crippen molar-refractivity contribution in [3.63, 3.8) is 0 Å². The summed E-state index contributed by atoms with van der Waals surface area (Å²) in [6.45, 7) is 9.25. The monoisotopic (exact) mass is 494 g/mol. The van der Waals surface area contributed by atoms with E-state index in [1.54, 1.807) is 27.7 Å². The van der Waals surface area contributed by atoms with Crippen LogP contribution in [0.25, 0.3) is 10.4 Å². The van der Waals surface area contributed by atoms with E-state index in [9.17, 15) is 24.3 Å². The number of amides is 1. The summed E-state index contributed by atoms with van der Waals surface area (Å²) >= 11 is 0. The fraction of sp³-hybridized carbons (Fsp3) is 0.826. The minimum absolute atomic E-state index is 0.0914. The van der Waals surface area contributed by atoms with Crippen molar-refractivity contribution < 1.29 is 38.5 Å². The van der Waals surface area contributed by atoms with Gasteiger partial charge >= 0.3 is 12.1 Å². The van der Waals surface area contributed by atoms with Gasteiger partial charge in [0.25, 0.3) is 0 Å². The van der Waals surface area contributed by atoms with Gasteiger partial charge in [-0.1, -0.05) is 32.8 Å². The second-order valence-corrected chi connectivity index (χ2v) is 10.3. The molecule has 1 aliphatic carbocycles. The maximum absolute atomic E-state index is 13.6. The average molecular weight is 495 g/mol. The number of carbonyl (C=O) groups excluding carboxylic acids is 4. The molecule has 3 fully saturated rings. The average Bonchev–Trinajstić information content (AvgIpc) is 3.23. The topological polar surface area (TPSA) is 168 Å². The zero-order valence-corrected chi connectivity index (χ0v) is 21.1. The Morgan fingerprint density at radius 2 is 1.77 bits per heavy atom. The Labute approximate surface area is 203 Å². The summed E-state index contributed by atoms with van der Waals surface area (Å²) in [7, 11) is 1.39. The van der Waals surface area contributed by atoms with Gasteiger partial charge in [0.05, 0.1) is 17.7 Å². The first-order chi connectivity index (χ1) is 16.3. The third-order valence-corrected chi connectivity index (χ3v) is 8.23. The molecule has 2 saturated heterocycles. The Morgan fingerprint density at radius 1 is 1.14 bits per heavy atom. The van der Waals surface area contributed by atoms with Crippen LogP contribution in [0.5, 0.6) is 0 Å². The number of carbonyl (C=O) groups is 4. The standard InChI is InChI=1S/C23H34N4O8/c1-10-8-22(6,33-7)18(30)12(3)16(29)13(4)20(31)34-19-14(5)23(19)17(11(2)15(10)28)27(9-25-26-24)21(32)35-23/h10-14,17-19,30H,8-9H2,1-7H3/t10-,11+,12+,13-,14?,17-,18-,19-,22+,23+/m1/s1. The van der Waals surface area contributed by atoms with Crippen LogP contribution in [0.15, 0.2) is 5.11 Å². The predicted octanol–water partition coefficient (Wildman–Crippen LogP) is 2.23. The number of azide groups is 1. The van der Waals surface area contributed by atoms with Crippen LogP contribution >= 0.6 is 0 Å². The Kier molecular flexibility index (Phi) is 7.23. The van der Waals surface area contributed by atoms with Crippen LogP contribution < -0.4 is 0 Å². The summed E-state index contributed by atoms with van der Waals surface area (Å²) in [5.41, 5.74) is 6.22. The molecule has 2 heterocycles. The van der Waals surface area contributed by atoms with E-state index in [4.69, 9.17) is 19.7 Å². The van der Waals surface area contributed by atoms with Crippen LogP contribution in [0.4, 0.5) is 4.79 Å². The van der Waals surface area contributed by atoms with Crippen LogP contribution in [0.3, 0.4) is 0 Å². The number of Topliss-reactive ketones (excluding diaryl/α,β-unsaturated/α-hetero) is 2. The number of rotatable bonds is 3. The van der Waals surface area contributed by atoms with E-state index in [0.717, 1.165) is 0 Å². The van der Waals surface area contributed by atoms with Gasteiger partial charge < -0.3 is 19.3 Å². The number of methoxy groups -OCH3 is 1. The molecule has 35 heavy (non-hydrogen) atoms. The first-order valence-corrected chi connectivity index (χ1v) is 11.8. The zero-order chi connectivity index (χ0) is 26.5. The largest absolute Gasteiger partial charge is 0.457 e. The van der Waals surface area contributed by atoms with Crippen LogP contribution in [-0.2, 0) is 28.6 Å². The van der Waals surface area contributed by atoms with E-state index in [1.165, 1.54) is 25.9 Å². The van der Waals surface area contributed by atoms with Gasteiger partial charge in [0, 0.05) is 35.7 Å². The molecule has 0 aromatic carbocycles. The molecule has 194 valence electrons. The molecule has 12 nitrogen and oxygen atoms in total. The van der Waals surface area contributed by atoms with Crippen molar-refractivity contribution in [1.82, 2.24) is 4.90 Å². The van der Waals surface area contributed by atoms with Gasteiger partial charge in [-0.25, -0.2) is 4.79 Å². The lowest BCUT2D eigenvalue weighted by Crippen LogP contribution is -2.52. The second-order valence-electron chi connectivity index (χ2n) is 10.3. The highest BCUT2D eigenvalue weighted by atomic mass is 16.6. The summed E-state index contributed by atoms with van der Waals surface area (Å²) < 4.78 is 16.9. The number of ketones is 2. The molecular weight excluding hydrogens is 460 g/mol. The van der Waals surface area contributed by atoms with E-state index in [0.29, 0.717) is 0 Å². The molecule has 0 aromatic rings. The fourth-order valence-electron chi connectivity index (χ4n) is 5.89. The minimum atomic E-state index is -1.31. The smallest absolute Gasteiger partial charge is 0.411 e. The number of aliphatic hydroxyl groups excluding tert-OH is 1. The molecule has 0 aromatic heterocycles. The molecule has 1 saturated carbocycles. The molecule has 0 bridgehead atoms. The Hall–Kier alpha value is -2.69. The zero-order valence-electron chi connectivity index (χ0n) is 21.1. The van der Waals surface area contributed by atoms with Gasteiger partial charge in [0.1, 0.15) is 18.4 Å². The van der Waals surface area contributed by atoms with Crippen LogP contribution in [-0.4, -0.2) is 76.9 Å². The van der Waals surface area contributed by atoms with Gasteiger partial charge in [-0.15, -0.1) is 0 Å². The number of ether oxygens (including phenoxy) is 3. The minimum Gasteiger partial charge on any atom is -0.457 e. The van der Waals surface area contributed by atoms with Gasteiger partial charge in [-0.2, -0.15) is 0 Å². The summed E-state index contributed by atoms with van der Waals surface area (Å²) in [6.07, 6.45) is -2.86. The van der Waals surface area contributed by atoms with Crippen LogP contribution in [0, 0.1) is 29.6 Å². The van der Waals surface area contributed by atoms with Crippen molar-refractivity contribution in [2.24, 2.45) is 34.7 Å². The summed E-state index contributed by atoms with van der Waals surface area (Å²) in [4.78, 5) is 56.3.